The molecule has 0 spiro atoms. The van der Waals surface area contributed by atoms with Crippen molar-refractivity contribution in [1.82, 2.24) is 4.90 Å². The van der Waals surface area contributed by atoms with Gasteiger partial charge in [-0.2, -0.15) is 0 Å². The third-order valence-electron chi connectivity index (χ3n) is 4.41. The van der Waals surface area contributed by atoms with E-state index in [4.69, 9.17) is 15.2 Å². The van der Waals surface area contributed by atoms with E-state index in [1.54, 1.807) is 21.0 Å². The van der Waals surface area contributed by atoms with Crippen molar-refractivity contribution in [1.29, 1.82) is 0 Å². The summed E-state index contributed by atoms with van der Waals surface area (Å²) in [7, 11) is 1.72. The molecule has 0 saturated heterocycles. The summed E-state index contributed by atoms with van der Waals surface area (Å²) in [6.07, 6.45) is 3.19. The van der Waals surface area contributed by atoms with Gasteiger partial charge < -0.3 is 15.2 Å². The highest BCUT2D eigenvalue weighted by Crippen LogP contribution is 2.36. The molecular formula is C16H32N2O3. The van der Waals surface area contributed by atoms with E-state index >= 15 is 0 Å². The molecule has 21 heavy (non-hydrogen) atoms. The van der Waals surface area contributed by atoms with E-state index in [2.05, 4.69) is 18.7 Å². The highest BCUT2D eigenvalue weighted by molar-refractivity contribution is 5.80. The fourth-order valence-electron chi connectivity index (χ4n) is 2.98. The molecule has 1 fully saturated rings. The van der Waals surface area contributed by atoms with Crippen LogP contribution in [-0.4, -0.2) is 55.4 Å². The normalized spacial score (nSPS) is 20.9. The monoisotopic (exact) mass is 300 g/mol. The SMILES string of the molecule is CCOC(=O)C(C)(N)CC(C)N(CCOC)C(C)C1CC1. The van der Waals surface area contributed by atoms with Gasteiger partial charge >= 0.3 is 5.97 Å². The van der Waals surface area contributed by atoms with Crippen LogP contribution in [0, 0.1) is 5.92 Å². The van der Waals surface area contributed by atoms with E-state index in [9.17, 15) is 4.79 Å². The van der Waals surface area contributed by atoms with E-state index in [1.807, 2.05) is 0 Å². The fraction of sp³-hybridized carbons (Fsp3) is 0.938. The Labute approximate surface area is 129 Å². The smallest absolute Gasteiger partial charge is 0.325 e. The summed E-state index contributed by atoms with van der Waals surface area (Å²) in [6, 6.07) is 0.725. The van der Waals surface area contributed by atoms with Gasteiger partial charge in [-0.15, -0.1) is 0 Å². The number of nitrogens with two attached hydrogens (primary N) is 1. The van der Waals surface area contributed by atoms with Crippen molar-refractivity contribution < 1.29 is 14.3 Å². The molecule has 0 heterocycles. The zero-order valence-electron chi connectivity index (χ0n) is 14.2. The second kappa shape index (κ2) is 8.11. The Morgan fingerprint density at radius 2 is 2.05 bits per heavy atom. The molecule has 3 unspecified atom stereocenters. The average molecular weight is 300 g/mol. The lowest BCUT2D eigenvalue weighted by Gasteiger charge is -2.37. The number of methoxy groups -OCH3 is 1. The summed E-state index contributed by atoms with van der Waals surface area (Å²) in [5, 5.41) is 0. The molecule has 0 bridgehead atoms. The number of carbonyl (C=O) groups excluding carboxylic acids is 1. The molecule has 1 saturated carbocycles. The lowest BCUT2D eigenvalue weighted by molar-refractivity contribution is -0.149. The van der Waals surface area contributed by atoms with Crippen LogP contribution in [0.5, 0.6) is 0 Å². The number of rotatable bonds is 10. The van der Waals surface area contributed by atoms with Gasteiger partial charge in [-0.1, -0.05) is 0 Å². The molecule has 3 atom stereocenters. The van der Waals surface area contributed by atoms with Crippen LogP contribution < -0.4 is 5.73 Å². The van der Waals surface area contributed by atoms with Crippen LogP contribution in [-0.2, 0) is 14.3 Å². The molecule has 0 aliphatic heterocycles. The number of esters is 1. The summed E-state index contributed by atoms with van der Waals surface area (Å²) in [5.74, 6) is 0.457. The number of carbonyl (C=O) groups is 1. The lowest BCUT2D eigenvalue weighted by Crippen LogP contribution is -2.53. The summed E-state index contributed by atoms with van der Waals surface area (Å²) in [6.45, 7) is 9.90. The molecule has 5 nitrogen and oxygen atoms in total. The van der Waals surface area contributed by atoms with Crippen molar-refractivity contribution >= 4 is 5.97 Å². The highest BCUT2D eigenvalue weighted by atomic mass is 16.5. The molecule has 0 amide bonds. The number of hydrogen-bond acceptors (Lipinski definition) is 5. The van der Waals surface area contributed by atoms with Crippen LogP contribution in [0.3, 0.4) is 0 Å². The summed E-state index contributed by atoms with van der Waals surface area (Å²) >= 11 is 0. The standard InChI is InChI=1S/C16H32N2O3/c1-6-21-15(19)16(4,17)11-12(2)18(9-10-20-5)13(3)14-7-8-14/h12-14H,6-11,17H2,1-5H3. The average Bonchev–Trinajstić information content (AvgIpc) is 3.22. The Morgan fingerprint density at radius 3 is 2.52 bits per heavy atom. The quantitative estimate of drug-likeness (QED) is 0.623. The Morgan fingerprint density at radius 1 is 1.43 bits per heavy atom. The van der Waals surface area contributed by atoms with Crippen molar-refractivity contribution in [2.75, 3.05) is 26.9 Å². The molecule has 0 aromatic rings. The maximum atomic E-state index is 12.0. The Bertz CT molecular complexity index is 329. The number of nitrogens with zero attached hydrogens (tertiary/aromatic N) is 1. The van der Waals surface area contributed by atoms with Crippen molar-refractivity contribution in [3.63, 3.8) is 0 Å². The van der Waals surface area contributed by atoms with Crippen LogP contribution in [0.25, 0.3) is 0 Å². The minimum Gasteiger partial charge on any atom is -0.465 e. The van der Waals surface area contributed by atoms with Crippen LogP contribution in [0.2, 0.25) is 0 Å². The van der Waals surface area contributed by atoms with Crippen molar-refractivity contribution in [3.8, 4) is 0 Å². The van der Waals surface area contributed by atoms with Gasteiger partial charge in [-0.05, 0) is 52.9 Å². The Hall–Kier alpha value is -0.650. The first kappa shape index (κ1) is 18.4. The van der Waals surface area contributed by atoms with E-state index in [0.717, 1.165) is 12.5 Å². The molecule has 1 aliphatic carbocycles. The highest BCUT2D eigenvalue weighted by Gasteiger charge is 2.38. The van der Waals surface area contributed by atoms with Crippen LogP contribution in [0.15, 0.2) is 0 Å². The molecule has 1 rings (SSSR count). The van der Waals surface area contributed by atoms with E-state index in [-0.39, 0.29) is 12.0 Å². The molecular weight excluding hydrogens is 268 g/mol. The van der Waals surface area contributed by atoms with E-state index < -0.39 is 5.54 Å². The lowest BCUT2D eigenvalue weighted by atomic mass is 9.93. The fourth-order valence-corrected chi connectivity index (χ4v) is 2.98. The largest absolute Gasteiger partial charge is 0.465 e. The minimum absolute atomic E-state index is 0.218. The van der Waals surface area contributed by atoms with E-state index in [1.165, 1.54) is 12.8 Å². The molecule has 5 heteroatoms. The summed E-state index contributed by atoms with van der Waals surface area (Å²) in [5.41, 5.74) is 5.23. The van der Waals surface area contributed by atoms with Crippen molar-refractivity contribution in [2.24, 2.45) is 11.7 Å². The molecule has 0 radical (unpaired) electrons. The third-order valence-corrected chi connectivity index (χ3v) is 4.41. The van der Waals surface area contributed by atoms with E-state index in [0.29, 0.717) is 25.7 Å². The second-order valence-electron chi connectivity index (χ2n) is 6.50. The van der Waals surface area contributed by atoms with Gasteiger partial charge in [0.25, 0.3) is 0 Å². The van der Waals surface area contributed by atoms with Crippen LogP contribution in [0.4, 0.5) is 0 Å². The zero-order chi connectivity index (χ0) is 16.0. The zero-order valence-corrected chi connectivity index (χ0v) is 14.2. The number of ether oxygens (including phenoxy) is 2. The topological polar surface area (TPSA) is 64.8 Å². The van der Waals surface area contributed by atoms with Crippen molar-refractivity contribution in [3.05, 3.63) is 0 Å². The first-order chi connectivity index (χ1) is 9.83. The van der Waals surface area contributed by atoms with Gasteiger partial charge in [0.15, 0.2) is 0 Å². The summed E-state index contributed by atoms with van der Waals surface area (Å²) < 4.78 is 10.3. The van der Waals surface area contributed by atoms with Gasteiger partial charge in [0, 0.05) is 25.7 Å². The van der Waals surface area contributed by atoms with Crippen LogP contribution >= 0.6 is 0 Å². The minimum atomic E-state index is -0.940. The third kappa shape index (κ3) is 5.57. The maximum Gasteiger partial charge on any atom is 0.325 e. The van der Waals surface area contributed by atoms with Gasteiger partial charge in [-0.3, -0.25) is 9.69 Å². The molecule has 0 aromatic heterocycles. The Balaban J connectivity index is 2.65. The predicted octanol–water partition coefficient (Wildman–Crippen LogP) is 1.79. The van der Waals surface area contributed by atoms with Crippen LogP contribution in [0.1, 0.15) is 47.0 Å². The predicted molar refractivity (Wildman–Crippen MR) is 84.1 cm³/mol. The first-order valence-corrected chi connectivity index (χ1v) is 8.04. The molecule has 0 aromatic carbocycles. The van der Waals surface area contributed by atoms with Gasteiger partial charge in [0.2, 0.25) is 0 Å². The molecule has 2 N–H and O–H groups in total. The van der Waals surface area contributed by atoms with Gasteiger partial charge in [0.05, 0.1) is 13.2 Å². The van der Waals surface area contributed by atoms with Crippen molar-refractivity contribution in [2.45, 2.75) is 64.6 Å². The van der Waals surface area contributed by atoms with Gasteiger partial charge in [-0.25, -0.2) is 0 Å². The first-order valence-electron chi connectivity index (χ1n) is 8.04. The molecule has 124 valence electrons. The second-order valence-corrected chi connectivity index (χ2v) is 6.50. The number of hydrogen-bond donors (Lipinski definition) is 1. The van der Waals surface area contributed by atoms with Gasteiger partial charge in [0.1, 0.15) is 5.54 Å². The maximum absolute atomic E-state index is 12.0. The Kier molecular flexibility index (Phi) is 7.10. The summed E-state index contributed by atoms with van der Waals surface area (Å²) in [4.78, 5) is 14.4. The molecule has 1 aliphatic rings.